The van der Waals surface area contributed by atoms with E-state index in [4.69, 9.17) is 10.2 Å². The van der Waals surface area contributed by atoms with Crippen LogP contribution in [0.25, 0.3) is 0 Å². The standard InChI is InChI=1S/C8H7NO4S/c10-7(11)4-2-1-3-5(9-14)6(4)8(12)13/h1-3,9,14H,(H,10,11)(H,12,13). The first-order valence-corrected chi connectivity index (χ1v) is 4.02. The van der Waals surface area contributed by atoms with Crippen molar-refractivity contribution in [2.75, 3.05) is 4.72 Å². The Morgan fingerprint density at radius 1 is 1.21 bits per heavy atom. The number of anilines is 1. The van der Waals surface area contributed by atoms with Crippen molar-refractivity contribution >= 4 is 30.4 Å². The van der Waals surface area contributed by atoms with Gasteiger partial charge in [-0.3, -0.25) is 0 Å². The number of rotatable bonds is 3. The molecule has 0 aromatic heterocycles. The first-order valence-electron chi connectivity index (χ1n) is 3.57. The van der Waals surface area contributed by atoms with Gasteiger partial charge in [0.2, 0.25) is 0 Å². The maximum Gasteiger partial charge on any atom is 0.338 e. The molecule has 5 nitrogen and oxygen atoms in total. The summed E-state index contributed by atoms with van der Waals surface area (Å²) in [6, 6.07) is 4.09. The molecule has 0 aliphatic rings. The van der Waals surface area contributed by atoms with E-state index in [1.807, 2.05) is 0 Å². The first-order chi connectivity index (χ1) is 6.57. The highest BCUT2D eigenvalue weighted by Gasteiger charge is 2.19. The Kier molecular flexibility index (Phi) is 2.98. The van der Waals surface area contributed by atoms with Crippen LogP contribution in [-0.4, -0.2) is 22.2 Å². The van der Waals surface area contributed by atoms with E-state index in [9.17, 15) is 9.59 Å². The SMILES string of the molecule is O=C(O)c1cccc(NS)c1C(=O)O. The summed E-state index contributed by atoms with van der Waals surface area (Å²) in [7, 11) is 0. The van der Waals surface area contributed by atoms with Crippen LogP contribution in [0.5, 0.6) is 0 Å². The van der Waals surface area contributed by atoms with Crippen molar-refractivity contribution in [3.05, 3.63) is 29.3 Å². The Bertz CT molecular complexity index is 391. The van der Waals surface area contributed by atoms with E-state index in [2.05, 4.69) is 17.5 Å². The highest BCUT2D eigenvalue weighted by atomic mass is 32.1. The molecular formula is C8H7NO4S. The van der Waals surface area contributed by atoms with Gasteiger partial charge in [0.25, 0.3) is 0 Å². The lowest BCUT2D eigenvalue weighted by Gasteiger charge is -2.06. The summed E-state index contributed by atoms with van der Waals surface area (Å²) in [5.41, 5.74) is -0.410. The summed E-state index contributed by atoms with van der Waals surface area (Å²) in [6.45, 7) is 0. The Morgan fingerprint density at radius 2 is 1.86 bits per heavy atom. The van der Waals surface area contributed by atoms with Crippen molar-refractivity contribution in [1.82, 2.24) is 0 Å². The quantitative estimate of drug-likeness (QED) is 0.569. The number of nitrogens with one attached hydrogen (secondary N) is 1. The first kappa shape index (κ1) is 10.4. The molecule has 0 spiro atoms. The van der Waals surface area contributed by atoms with E-state index in [-0.39, 0.29) is 16.8 Å². The zero-order chi connectivity index (χ0) is 10.7. The van der Waals surface area contributed by atoms with Crippen LogP contribution in [0.1, 0.15) is 20.7 Å². The third kappa shape index (κ3) is 1.80. The Morgan fingerprint density at radius 3 is 2.29 bits per heavy atom. The number of hydrogen-bond acceptors (Lipinski definition) is 4. The van der Waals surface area contributed by atoms with Crippen LogP contribution in [0, 0.1) is 0 Å². The predicted octanol–water partition coefficient (Wildman–Crippen LogP) is 1.34. The van der Waals surface area contributed by atoms with Gasteiger partial charge in [0.05, 0.1) is 16.8 Å². The summed E-state index contributed by atoms with van der Waals surface area (Å²) in [5.74, 6) is -2.59. The second kappa shape index (κ2) is 4.01. The minimum atomic E-state index is -1.31. The Labute approximate surface area is 84.9 Å². The van der Waals surface area contributed by atoms with Gasteiger partial charge in [-0.2, -0.15) is 0 Å². The number of thiol groups is 1. The Hall–Kier alpha value is -1.69. The second-order valence-electron chi connectivity index (χ2n) is 2.45. The highest BCUT2D eigenvalue weighted by molar-refractivity contribution is 7.81. The van der Waals surface area contributed by atoms with Crippen molar-refractivity contribution in [2.24, 2.45) is 0 Å². The normalized spacial score (nSPS) is 9.50. The molecule has 0 aliphatic carbocycles. The van der Waals surface area contributed by atoms with Crippen molar-refractivity contribution in [3.63, 3.8) is 0 Å². The average molecular weight is 213 g/mol. The molecule has 0 aliphatic heterocycles. The smallest absolute Gasteiger partial charge is 0.338 e. The van der Waals surface area contributed by atoms with Gasteiger partial charge in [0, 0.05) is 0 Å². The zero-order valence-electron chi connectivity index (χ0n) is 6.89. The monoisotopic (exact) mass is 213 g/mol. The van der Waals surface area contributed by atoms with E-state index in [0.29, 0.717) is 0 Å². The molecular weight excluding hydrogens is 206 g/mol. The second-order valence-corrected chi connectivity index (χ2v) is 2.67. The topological polar surface area (TPSA) is 86.6 Å². The molecule has 14 heavy (non-hydrogen) atoms. The van der Waals surface area contributed by atoms with Gasteiger partial charge in [-0.1, -0.05) is 18.9 Å². The number of benzene rings is 1. The third-order valence-corrected chi connectivity index (χ3v) is 1.87. The van der Waals surface area contributed by atoms with Crippen molar-refractivity contribution in [2.45, 2.75) is 0 Å². The van der Waals surface area contributed by atoms with Crippen molar-refractivity contribution in [3.8, 4) is 0 Å². The van der Waals surface area contributed by atoms with Gasteiger partial charge in [0.15, 0.2) is 0 Å². The van der Waals surface area contributed by atoms with E-state index in [1.54, 1.807) is 0 Å². The fourth-order valence-electron chi connectivity index (χ4n) is 1.05. The molecule has 0 radical (unpaired) electrons. The Balaban J connectivity index is 3.43. The molecule has 1 rings (SSSR count). The molecule has 74 valence electrons. The molecule has 0 saturated heterocycles. The van der Waals surface area contributed by atoms with Crippen molar-refractivity contribution in [1.29, 1.82) is 0 Å². The maximum atomic E-state index is 10.8. The van der Waals surface area contributed by atoms with Gasteiger partial charge in [0.1, 0.15) is 0 Å². The molecule has 0 heterocycles. The molecule has 0 atom stereocenters. The van der Waals surface area contributed by atoms with Gasteiger partial charge in [-0.15, -0.1) is 0 Å². The summed E-state index contributed by atoms with van der Waals surface area (Å²) in [4.78, 5) is 21.4. The number of hydrogen-bond donors (Lipinski definition) is 4. The van der Waals surface area contributed by atoms with Gasteiger partial charge < -0.3 is 14.9 Å². The third-order valence-electron chi connectivity index (χ3n) is 1.63. The number of carbonyl (C=O) groups is 2. The van der Waals surface area contributed by atoms with Crippen LogP contribution >= 0.6 is 12.8 Å². The maximum absolute atomic E-state index is 10.8. The molecule has 0 bridgehead atoms. The number of carboxylic acid groups (broad SMARTS) is 2. The minimum absolute atomic E-state index is 0.153. The van der Waals surface area contributed by atoms with Gasteiger partial charge in [-0.05, 0) is 12.1 Å². The molecule has 1 aromatic carbocycles. The van der Waals surface area contributed by atoms with Gasteiger partial charge in [-0.25, -0.2) is 9.59 Å². The van der Waals surface area contributed by atoms with Crippen LogP contribution in [0.15, 0.2) is 18.2 Å². The molecule has 1 aromatic rings. The van der Waals surface area contributed by atoms with Crippen LogP contribution < -0.4 is 4.72 Å². The molecule has 0 saturated carbocycles. The van der Waals surface area contributed by atoms with E-state index in [0.717, 1.165) is 0 Å². The van der Waals surface area contributed by atoms with Crippen LogP contribution in [0.3, 0.4) is 0 Å². The molecule has 0 unspecified atom stereocenters. The van der Waals surface area contributed by atoms with E-state index in [1.165, 1.54) is 18.2 Å². The average Bonchev–Trinajstić information content (AvgIpc) is 2.16. The van der Waals surface area contributed by atoms with E-state index >= 15 is 0 Å². The molecule has 0 amide bonds. The molecule has 0 fully saturated rings. The van der Waals surface area contributed by atoms with Crippen molar-refractivity contribution < 1.29 is 19.8 Å². The fourth-order valence-corrected chi connectivity index (χ4v) is 1.24. The number of aromatic carboxylic acids is 2. The summed E-state index contributed by atoms with van der Waals surface area (Å²) in [6.07, 6.45) is 0. The van der Waals surface area contributed by atoms with Crippen LogP contribution in [0.4, 0.5) is 5.69 Å². The van der Waals surface area contributed by atoms with E-state index < -0.39 is 11.9 Å². The summed E-state index contributed by atoms with van der Waals surface area (Å²) >= 11 is 3.68. The lowest BCUT2D eigenvalue weighted by molar-refractivity contribution is 0.0652. The summed E-state index contributed by atoms with van der Waals surface area (Å²) < 4.78 is 2.32. The van der Waals surface area contributed by atoms with Crippen LogP contribution in [0.2, 0.25) is 0 Å². The molecule has 3 N–H and O–H groups in total. The number of carboxylic acids is 2. The predicted molar refractivity (Wildman–Crippen MR) is 53.0 cm³/mol. The van der Waals surface area contributed by atoms with Crippen LogP contribution in [-0.2, 0) is 0 Å². The lowest BCUT2D eigenvalue weighted by atomic mass is 10.1. The zero-order valence-corrected chi connectivity index (χ0v) is 7.78. The minimum Gasteiger partial charge on any atom is -0.478 e. The fraction of sp³-hybridized carbons (Fsp3) is 0. The summed E-state index contributed by atoms with van der Waals surface area (Å²) in [5, 5.41) is 17.5. The molecule has 6 heteroatoms. The highest BCUT2D eigenvalue weighted by Crippen LogP contribution is 2.20. The largest absolute Gasteiger partial charge is 0.478 e. The van der Waals surface area contributed by atoms with Gasteiger partial charge >= 0.3 is 11.9 Å². The lowest BCUT2D eigenvalue weighted by Crippen LogP contribution is -2.09.